The number of carbonyl (C=O) groups excluding carboxylic acids is 2. The van der Waals surface area contributed by atoms with Crippen LogP contribution in [0.25, 0.3) is 0 Å². The lowest BCUT2D eigenvalue weighted by Gasteiger charge is -2.08. The van der Waals surface area contributed by atoms with Crippen LogP contribution in [0.4, 0.5) is 5.69 Å². The van der Waals surface area contributed by atoms with Gasteiger partial charge in [0, 0.05) is 11.3 Å². The molecule has 2 aromatic rings. The summed E-state index contributed by atoms with van der Waals surface area (Å²) in [5.74, 6) is -0.459. The van der Waals surface area contributed by atoms with Crippen LogP contribution < -0.4 is 5.32 Å². The molecule has 0 heterocycles. The maximum atomic E-state index is 12.1. The smallest absolute Gasteiger partial charge is 0.258 e. The first-order chi connectivity index (χ1) is 9.49. The first-order valence-electron chi connectivity index (χ1n) is 5.54. The number of anilines is 1. The Bertz CT molecular complexity index is 666. The van der Waals surface area contributed by atoms with Crippen molar-refractivity contribution in [3.63, 3.8) is 0 Å². The highest BCUT2D eigenvalue weighted by Gasteiger charge is 2.15. The first-order valence-corrected chi connectivity index (χ1v) is 6.67. The molecule has 0 unspecified atom stereocenters. The van der Waals surface area contributed by atoms with E-state index in [1.54, 1.807) is 36.4 Å². The SMILES string of the molecule is O=C(Cl)c1cccc(NC(=O)c2c(Cl)cccc2Cl)c1. The summed E-state index contributed by atoms with van der Waals surface area (Å²) in [6.45, 7) is 0. The van der Waals surface area contributed by atoms with Crippen molar-refractivity contribution >= 4 is 51.6 Å². The molecule has 0 bridgehead atoms. The third-order valence-corrected chi connectivity index (χ3v) is 3.39. The fraction of sp³-hybridized carbons (Fsp3) is 0. The molecule has 0 fully saturated rings. The summed E-state index contributed by atoms with van der Waals surface area (Å²) in [6, 6.07) is 11.0. The number of nitrogens with one attached hydrogen (secondary N) is 1. The number of hydrogen-bond acceptors (Lipinski definition) is 2. The van der Waals surface area contributed by atoms with E-state index in [4.69, 9.17) is 34.8 Å². The summed E-state index contributed by atoms with van der Waals surface area (Å²) in [5, 5.41) is 2.52. The first kappa shape index (κ1) is 14.9. The summed E-state index contributed by atoms with van der Waals surface area (Å²) in [5.41, 5.74) is 0.894. The lowest BCUT2D eigenvalue weighted by atomic mass is 10.2. The minimum absolute atomic E-state index is 0.179. The molecule has 0 aromatic heterocycles. The summed E-state index contributed by atoms with van der Waals surface area (Å²) in [4.78, 5) is 23.2. The summed E-state index contributed by atoms with van der Waals surface area (Å²) >= 11 is 17.3. The van der Waals surface area contributed by atoms with Crippen molar-refractivity contribution in [2.45, 2.75) is 0 Å². The Kier molecular flexibility index (Phi) is 4.65. The molecule has 2 aromatic carbocycles. The molecule has 0 atom stereocenters. The Morgan fingerprint density at radius 3 is 2.15 bits per heavy atom. The van der Waals surface area contributed by atoms with Gasteiger partial charge in [-0.1, -0.05) is 35.3 Å². The molecule has 0 saturated heterocycles. The number of halogens is 3. The Morgan fingerprint density at radius 1 is 0.950 bits per heavy atom. The van der Waals surface area contributed by atoms with Gasteiger partial charge in [-0.25, -0.2) is 0 Å². The number of rotatable bonds is 3. The second kappa shape index (κ2) is 6.27. The Morgan fingerprint density at radius 2 is 1.55 bits per heavy atom. The molecular formula is C14H8Cl3NO2. The van der Waals surface area contributed by atoms with Gasteiger partial charge < -0.3 is 5.32 Å². The van der Waals surface area contributed by atoms with E-state index >= 15 is 0 Å². The lowest BCUT2D eigenvalue weighted by Crippen LogP contribution is -2.13. The number of amides is 1. The molecule has 1 amide bonds. The van der Waals surface area contributed by atoms with E-state index in [2.05, 4.69) is 5.32 Å². The largest absolute Gasteiger partial charge is 0.322 e. The highest BCUT2D eigenvalue weighted by Crippen LogP contribution is 2.25. The van der Waals surface area contributed by atoms with Gasteiger partial charge in [0.25, 0.3) is 11.1 Å². The summed E-state index contributed by atoms with van der Waals surface area (Å²) in [6.07, 6.45) is 0. The van der Waals surface area contributed by atoms with Crippen molar-refractivity contribution < 1.29 is 9.59 Å². The minimum Gasteiger partial charge on any atom is -0.322 e. The molecule has 0 spiro atoms. The van der Waals surface area contributed by atoms with Crippen LogP contribution in [0.1, 0.15) is 20.7 Å². The monoisotopic (exact) mass is 327 g/mol. The van der Waals surface area contributed by atoms with Crippen LogP contribution in [0.15, 0.2) is 42.5 Å². The van der Waals surface area contributed by atoms with Gasteiger partial charge in [-0.2, -0.15) is 0 Å². The van der Waals surface area contributed by atoms with Crippen molar-refractivity contribution in [3.8, 4) is 0 Å². The Hall–Kier alpha value is -1.55. The van der Waals surface area contributed by atoms with Crippen LogP contribution in [-0.4, -0.2) is 11.1 Å². The van der Waals surface area contributed by atoms with E-state index in [0.29, 0.717) is 5.69 Å². The molecule has 3 nitrogen and oxygen atoms in total. The number of hydrogen-bond donors (Lipinski definition) is 1. The molecule has 0 saturated carbocycles. The van der Waals surface area contributed by atoms with Gasteiger partial charge in [0.2, 0.25) is 0 Å². The highest BCUT2D eigenvalue weighted by atomic mass is 35.5. The van der Waals surface area contributed by atoms with E-state index in [1.807, 2.05) is 0 Å². The van der Waals surface area contributed by atoms with Gasteiger partial charge in [-0.05, 0) is 41.9 Å². The van der Waals surface area contributed by atoms with Gasteiger partial charge in [0.1, 0.15) is 0 Å². The maximum Gasteiger partial charge on any atom is 0.258 e. The van der Waals surface area contributed by atoms with Gasteiger partial charge >= 0.3 is 0 Å². The van der Waals surface area contributed by atoms with Crippen LogP contribution in [0.2, 0.25) is 10.0 Å². The van der Waals surface area contributed by atoms with Gasteiger partial charge in [0.05, 0.1) is 15.6 Å². The third kappa shape index (κ3) is 3.31. The van der Waals surface area contributed by atoms with Crippen LogP contribution in [0, 0.1) is 0 Å². The average molecular weight is 329 g/mol. The van der Waals surface area contributed by atoms with Crippen LogP contribution in [-0.2, 0) is 0 Å². The zero-order chi connectivity index (χ0) is 14.7. The van der Waals surface area contributed by atoms with Gasteiger partial charge in [0.15, 0.2) is 0 Å². The van der Waals surface area contributed by atoms with E-state index in [9.17, 15) is 9.59 Å². The highest BCUT2D eigenvalue weighted by molar-refractivity contribution is 6.67. The Labute approximate surface area is 130 Å². The molecular weight excluding hydrogens is 321 g/mol. The number of carbonyl (C=O) groups is 2. The maximum absolute atomic E-state index is 12.1. The van der Waals surface area contributed by atoms with Crippen molar-refractivity contribution in [2.24, 2.45) is 0 Å². The predicted octanol–water partition coefficient (Wildman–Crippen LogP) is 4.62. The molecule has 0 aliphatic carbocycles. The van der Waals surface area contributed by atoms with Crippen molar-refractivity contribution in [1.82, 2.24) is 0 Å². The second-order valence-corrected chi connectivity index (χ2v) is 5.06. The fourth-order valence-electron chi connectivity index (χ4n) is 1.63. The summed E-state index contributed by atoms with van der Waals surface area (Å²) < 4.78 is 0. The summed E-state index contributed by atoms with van der Waals surface area (Å²) in [7, 11) is 0. The van der Waals surface area contributed by atoms with E-state index in [1.165, 1.54) is 6.07 Å². The van der Waals surface area contributed by atoms with E-state index in [-0.39, 0.29) is 21.2 Å². The van der Waals surface area contributed by atoms with Gasteiger partial charge in [-0.15, -0.1) is 0 Å². The molecule has 0 radical (unpaired) electrons. The van der Waals surface area contributed by atoms with Gasteiger partial charge in [-0.3, -0.25) is 9.59 Å². The van der Waals surface area contributed by atoms with Crippen LogP contribution in [0.5, 0.6) is 0 Å². The quantitative estimate of drug-likeness (QED) is 0.835. The lowest BCUT2D eigenvalue weighted by molar-refractivity contribution is 0.102. The molecule has 6 heteroatoms. The average Bonchev–Trinajstić information content (AvgIpc) is 2.38. The molecule has 2 rings (SSSR count). The molecule has 1 N–H and O–H groups in total. The molecule has 0 aliphatic heterocycles. The minimum atomic E-state index is -0.600. The zero-order valence-electron chi connectivity index (χ0n) is 9.99. The predicted molar refractivity (Wildman–Crippen MR) is 81.0 cm³/mol. The standard InChI is InChI=1S/C14H8Cl3NO2/c15-10-5-2-6-11(16)12(10)14(20)18-9-4-1-3-8(7-9)13(17)19/h1-7H,(H,18,20). The normalized spacial score (nSPS) is 10.2. The van der Waals surface area contributed by atoms with E-state index < -0.39 is 11.1 Å². The number of benzene rings is 2. The van der Waals surface area contributed by atoms with Crippen molar-refractivity contribution in [3.05, 3.63) is 63.6 Å². The van der Waals surface area contributed by atoms with Crippen molar-refractivity contribution in [2.75, 3.05) is 5.32 Å². The van der Waals surface area contributed by atoms with Crippen LogP contribution >= 0.6 is 34.8 Å². The zero-order valence-corrected chi connectivity index (χ0v) is 12.3. The van der Waals surface area contributed by atoms with E-state index in [0.717, 1.165) is 0 Å². The third-order valence-electron chi connectivity index (χ3n) is 2.54. The molecule has 20 heavy (non-hydrogen) atoms. The molecule has 102 valence electrons. The molecule has 0 aliphatic rings. The topological polar surface area (TPSA) is 46.2 Å². The second-order valence-electron chi connectivity index (χ2n) is 3.91. The fourth-order valence-corrected chi connectivity index (χ4v) is 2.31. The van der Waals surface area contributed by atoms with Crippen molar-refractivity contribution in [1.29, 1.82) is 0 Å². The Balaban J connectivity index is 2.28. The van der Waals surface area contributed by atoms with Crippen LogP contribution in [0.3, 0.4) is 0 Å².